The normalized spacial score (nSPS) is 9.38. The quantitative estimate of drug-likeness (QED) is 0.512. The van der Waals surface area contributed by atoms with Gasteiger partial charge in [0.15, 0.2) is 0 Å². The van der Waals surface area contributed by atoms with Gasteiger partial charge in [0.05, 0.1) is 6.54 Å². The molecule has 0 N–H and O–H groups in total. The van der Waals surface area contributed by atoms with Gasteiger partial charge in [0.2, 0.25) is 6.08 Å². The molecule has 0 amide bonds. The molecule has 0 unspecified atom stereocenters. The standard InChI is InChI=1S/C11H13NO/c1-3-10-6-4-5-9(2)11(10)7-12-8-13/h4-6H,3,7H2,1-2H3. The molecule has 0 fully saturated rings. The van der Waals surface area contributed by atoms with Crippen LogP contribution in [0, 0.1) is 6.92 Å². The van der Waals surface area contributed by atoms with Crippen LogP contribution in [-0.4, -0.2) is 6.08 Å². The van der Waals surface area contributed by atoms with E-state index in [1.54, 1.807) is 6.08 Å². The lowest BCUT2D eigenvalue weighted by atomic mass is 10.0. The first-order chi connectivity index (χ1) is 6.29. The van der Waals surface area contributed by atoms with Crippen LogP contribution in [0.15, 0.2) is 23.2 Å². The fourth-order valence-electron chi connectivity index (χ4n) is 1.43. The fraction of sp³-hybridized carbons (Fsp3) is 0.364. The maximum Gasteiger partial charge on any atom is 0.235 e. The summed E-state index contributed by atoms with van der Waals surface area (Å²) in [4.78, 5) is 13.6. The maximum atomic E-state index is 10.00. The second kappa shape index (κ2) is 4.58. The minimum atomic E-state index is 0.458. The summed E-state index contributed by atoms with van der Waals surface area (Å²) in [5.74, 6) is 0. The average molecular weight is 175 g/mol. The van der Waals surface area contributed by atoms with Crippen molar-refractivity contribution in [2.24, 2.45) is 4.99 Å². The topological polar surface area (TPSA) is 29.4 Å². The van der Waals surface area contributed by atoms with Gasteiger partial charge in [-0.15, -0.1) is 0 Å². The summed E-state index contributed by atoms with van der Waals surface area (Å²) in [6.07, 6.45) is 2.55. The molecule has 0 radical (unpaired) electrons. The molecule has 0 spiro atoms. The van der Waals surface area contributed by atoms with E-state index in [4.69, 9.17) is 0 Å². The Labute approximate surface area is 78.3 Å². The summed E-state index contributed by atoms with van der Waals surface area (Å²) in [6, 6.07) is 6.14. The Balaban J connectivity index is 3.06. The van der Waals surface area contributed by atoms with E-state index in [0.29, 0.717) is 6.54 Å². The number of isocyanates is 1. The number of rotatable bonds is 3. The third-order valence-electron chi connectivity index (χ3n) is 2.19. The van der Waals surface area contributed by atoms with E-state index in [1.165, 1.54) is 11.1 Å². The van der Waals surface area contributed by atoms with Crippen LogP contribution in [0.1, 0.15) is 23.6 Å². The van der Waals surface area contributed by atoms with E-state index in [1.807, 2.05) is 19.1 Å². The smallest absolute Gasteiger partial charge is 0.211 e. The second-order valence-electron chi connectivity index (χ2n) is 2.97. The first-order valence-corrected chi connectivity index (χ1v) is 4.40. The molecule has 68 valence electrons. The number of hydrogen-bond acceptors (Lipinski definition) is 2. The summed E-state index contributed by atoms with van der Waals surface area (Å²) in [6.45, 7) is 4.59. The van der Waals surface area contributed by atoms with E-state index < -0.39 is 0 Å². The first kappa shape index (κ1) is 9.69. The number of hydrogen-bond donors (Lipinski definition) is 0. The lowest BCUT2D eigenvalue weighted by molar-refractivity contribution is 0.562. The Bertz CT molecular complexity index is 338. The molecular weight excluding hydrogens is 162 g/mol. The molecule has 1 aromatic rings. The van der Waals surface area contributed by atoms with E-state index >= 15 is 0 Å². The highest BCUT2D eigenvalue weighted by atomic mass is 16.1. The van der Waals surface area contributed by atoms with Gasteiger partial charge < -0.3 is 0 Å². The molecule has 0 aromatic heterocycles. The van der Waals surface area contributed by atoms with Crippen molar-refractivity contribution >= 4 is 6.08 Å². The number of nitrogens with zero attached hydrogens (tertiary/aromatic N) is 1. The first-order valence-electron chi connectivity index (χ1n) is 4.40. The minimum Gasteiger partial charge on any atom is -0.211 e. The highest BCUT2D eigenvalue weighted by molar-refractivity contribution is 5.38. The van der Waals surface area contributed by atoms with Gasteiger partial charge >= 0.3 is 0 Å². The van der Waals surface area contributed by atoms with Crippen LogP contribution in [0.2, 0.25) is 0 Å². The summed E-state index contributed by atoms with van der Waals surface area (Å²) < 4.78 is 0. The van der Waals surface area contributed by atoms with Crippen molar-refractivity contribution in [3.8, 4) is 0 Å². The number of benzene rings is 1. The van der Waals surface area contributed by atoms with Crippen LogP contribution in [-0.2, 0) is 17.8 Å². The lowest BCUT2D eigenvalue weighted by Gasteiger charge is -2.07. The molecule has 0 aliphatic carbocycles. The monoisotopic (exact) mass is 175 g/mol. The molecule has 0 atom stereocenters. The Kier molecular flexibility index (Phi) is 3.41. The van der Waals surface area contributed by atoms with Crippen molar-refractivity contribution in [2.45, 2.75) is 26.8 Å². The van der Waals surface area contributed by atoms with Gasteiger partial charge in [0.1, 0.15) is 0 Å². The molecule has 13 heavy (non-hydrogen) atoms. The molecule has 0 saturated carbocycles. The molecule has 0 heterocycles. The number of carbonyl (C=O) groups excluding carboxylic acids is 1. The largest absolute Gasteiger partial charge is 0.235 e. The molecule has 1 rings (SSSR count). The fourth-order valence-corrected chi connectivity index (χ4v) is 1.43. The van der Waals surface area contributed by atoms with E-state index in [2.05, 4.69) is 18.0 Å². The van der Waals surface area contributed by atoms with Crippen LogP contribution in [0.4, 0.5) is 0 Å². The zero-order valence-corrected chi connectivity index (χ0v) is 8.00. The van der Waals surface area contributed by atoms with Gasteiger partial charge in [-0.1, -0.05) is 25.1 Å². The van der Waals surface area contributed by atoms with E-state index in [9.17, 15) is 4.79 Å². The van der Waals surface area contributed by atoms with Gasteiger partial charge in [-0.2, -0.15) is 0 Å². The van der Waals surface area contributed by atoms with Gasteiger partial charge in [-0.25, -0.2) is 9.79 Å². The highest BCUT2D eigenvalue weighted by Crippen LogP contribution is 2.15. The Morgan fingerprint density at radius 2 is 2.23 bits per heavy atom. The minimum absolute atomic E-state index is 0.458. The Morgan fingerprint density at radius 3 is 2.85 bits per heavy atom. The number of aryl methyl sites for hydroxylation is 2. The number of aliphatic imine (C=N–C) groups is 1. The van der Waals surface area contributed by atoms with Crippen molar-refractivity contribution < 1.29 is 4.79 Å². The van der Waals surface area contributed by atoms with Crippen molar-refractivity contribution in [1.29, 1.82) is 0 Å². The highest BCUT2D eigenvalue weighted by Gasteiger charge is 2.02. The van der Waals surface area contributed by atoms with Gasteiger partial charge in [0.25, 0.3) is 0 Å². The third kappa shape index (κ3) is 2.27. The van der Waals surface area contributed by atoms with Crippen LogP contribution in [0.5, 0.6) is 0 Å². The van der Waals surface area contributed by atoms with Gasteiger partial charge in [0, 0.05) is 0 Å². The zero-order valence-electron chi connectivity index (χ0n) is 8.00. The Hall–Kier alpha value is -1.40. The average Bonchev–Trinajstić information content (AvgIpc) is 2.15. The summed E-state index contributed by atoms with van der Waals surface area (Å²) >= 11 is 0. The summed E-state index contributed by atoms with van der Waals surface area (Å²) in [7, 11) is 0. The Morgan fingerprint density at radius 1 is 1.46 bits per heavy atom. The molecule has 2 heteroatoms. The maximum absolute atomic E-state index is 10.00. The molecular formula is C11H13NO. The third-order valence-corrected chi connectivity index (χ3v) is 2.19. The van der Waals surface area contributed by atoms with E-state index in [-0.39, 0.29) is 0 Å². The predicted octanol–water partition coefficient (Wildman–Crippen LogP) is 2.39. The SMILES string of the molecule is CCc1cccc(C)c1CN=C=O. The van der Waals surface area contributed by atoms with Crippen molar-refractivity contribution in [1.82, 2.24) is 0 Å². The van der Waals surface area contributed by atoms with Crippen molar-refractivity contribution in [2.75, 3.05) is 0 Å². The molecule has 2 nitrogen and oxygen atoms in total. The predicted molar refractivity (Wildman–Crippen MR) is 52.4 cm³/mol. The van der Waals surface area contributed by atoms with Crippen LogP contribution >= 0.6 is 0 Å². The van der Waals surface area contributed by atoms with E-state index in [0.717, 1.165) is 12.0 Å². The summed E-state index contributed by atoms with van der Waals surface area (Å²) in [5.41, 5.74) is 3.62. The zero-order chi connectivity index (χ0) is 9.68. The molecule has 0 bridgehead atoms. The van der Waals surface area contributed by atoms with Crippen LogP contribution < -0.4 is 0 Å². The lowest BCUT2D eigenvalue weighted by Crippen LogP contribution is -1.94. The van der Waals surface area contributed by atoms with Crippen LogP contribution in [0.3, 0.4) is 0 Å². The molecule has 0 aliphatic heterocycles. The summed E-state index contributed by atoms with van der Waals surface area (Å²) in [5, 5.41) is 0. The van der Waals surface area contributed by atoms with Crippen LogP contribution in [0.25, 0.3) is 0 Å². The van der Waals surface area contributed by atoms with Crippen molar-refractivity contribution in [3.05, 3.63) is 34.9 Å². The van der Waals surface area contributed by atoms with Gasteiger partial charge in [-0.05, 0) is 30.0 Å². The second-order valence-corrected chi connectivity index (χ2v) is 2.97. The molecule has 0 aliphatic rings. The van der Waals surface area contributed by atoms with Crippen molar-refractivity contribution in [3.63, 3.8) is 0 Å². The molecule has 1 aromatic carbocycles. The van der Waals surface area contributed by atoms with Gasteiger partial charge in [-0.3, -0.25) is 0 Å². The molecule has 0 saturated heterocycles.